The maximum absolute atomic E-state index is 13.5. The van der Waals surface area contributed by atoms with Gasteiger partial charge in [0.25, 0.3) is 0 Å². The van der Waals surface area contributed by atoms with E-state index in [-0.39, 0.29) is 5.91 Å². The molecule has 35 heavy (non-hydrogen) atoms. The number of carbonyl (C=O) groups excluding carboxylic acids is 1. The first-order chi connectivity index (χ1) is 17.2. The Morgan fingerprint density at radius 2 is 1.20 bits per heavy atom. The molecule has 4 heteroatoms. The molecule has 4 aromatic rings. The highest BCUT2D eigenvalue weighted by Crippen LogP contribution is 2.42. The van der Waals surface area contributed by atoms with Gasteiger partial charge in [0.2, 0.25) is 5.91 Å². The van der Waals surface area contributed by atoms with Crippen molar-refractivity contribution in [3.05, 3.63) is 131 Å². The molecule has 0 unspecified atom stereocenters. The lowest BCUT2D eigenvalue weighted by atomic mass is 9.67. The van der Waals surface area contributed by atoms with Crippen molar-refractivity contribution in [1.82, 2.24) is 5.32 Å². The molecule has 1 N–H and O–H groups in total. The summed E-state index contributed by atoms with van der Waals surface area (Å²) >= 11 is 0. The average molecular weight is 466 g/mol. The van der Waals surface area contributed by atoms with Gasteiger partial charge in [0, 0.05) is 13.0 Å². The Bertz CT molecular complexity index is 1130. The zero-order valence-electron chi connectivity index (χ0n) is 20.2. The highest BCUT2D eigenvalue weighted by Gasteiger charge is 2.38. The fraction of sp³-hybridized carbons (Fsp3) is 0.194. The minimum absolute atomic E-state index is 0.0107. The molecule has 4 nitrogen and oxygen atoms in total. The molecule has 0 saturated heterocycles. The summed E-state index contributed by atoms with van der Waals surface area (Å²) in [7, 11) is 3.26. The van der Waals surface area contributed by atoms with Gasteiger partial charge in [0.1, 0.15) is 0 Å². The first kappa shape index (κ1) is 24.1. The molecule has 0 spiro atoms. The van der Waals surface area contributed by atoms with Gasteiger partial charge in [-0.1, -0.05) is 103 Å². The van der Waals surface area contributed by atoms with Crippen LogP contribution in [0.1, 0.15) is 28.7 Å². The molecule has 0 atom stereocenters. The Kier molecular flexibility index (Phi) is 7.84. The van der Waals surface area contributed by atoms with E-state index >= 15 is 0 Å². The number of carbonyl (C=O) groups is 1. The summed E-state index contributed by atoms with van der Waals surface area (Å²) in [6.45, 7) is 0.497. The van der Waals surface area contributed by atoms with Crippen LogP contribution in [0.5, 0.6) is 11.5 Å². The van der Waals surface area contributed by atoms with E-state index in [0.717, 1.165) is 22.3 Å². The number of hydrogen-bond donors (Lipinski definition) is 1. The highest BCUT2D eigenvalue weighted by atomic mass is 16.5. The number of amides is 1. The molecule has 0 radical (unpaired) electrons. The Labute approximate surface area is 207 Å². The zero-order chi connectivity index (χ0) is 24.5. The number of methoxy groups -OCH3 is 2. The van der Waals surface area contributed by atoms with E-state index in [1.807, 2.05) is 72.8 Å². The number of rotatable bonds is 10. The minimum atomic E-state index is -0.610. The lowest BCUT2D eigenvalue weighted by Crippen LogP contribution is -2.37. The lowest BCUT2D eigenvalue weighted by Gasteiger charge is -2.35. The molecule has 4 rings (SSSR count). The first-order valence-electron chi connectivity index (χ1n) is 11.8. The molecule has 4 aromatic carbocycles. The summed E-state index contributed by atoms with van der Waals surface area (Å²) in [5, 5.41) is 3.15. The summed E-state index contributed by atoms with van der Waals surface area (Å²) in [6.07, 6.45) is 0.932. The first-order valence-corrected chi connectivity index (χ1v) is 11.8. The number of nitrogens with one attached hydrogen (secondary N) is 1. The van der Waals surface area contributed by atoms with Gasteiger partial charge in [-0.2, -0.15) is 0 Å². The lowest BCUT2D eigenvalue weighted by molar-refractivity contribution is -0.121. The van der Waals surface area contributed by atoms with Gasteiger partial charge in [-0.3, -0.25) is 4.79 Å². The standard InChI is InChI=1S/C31H31NO3/c1-34-28-20-12-13-24(30(28)35-2)21-22-32-29(33)23-31(25-14-6-3-7-15-25,26-16-8-4-9-17-26)27-18-10-5-11-19-27/h3-20H,21-23H2,1-2H3,(H,32,33). The summed E-state index contributed by atoms with van der Waals surface area (Å²) in [6, 6.07) is 36.6. The van der Waals surface area contributed by atoms with Gasteiger partial charge in [-0.15, -0.1) is 0 Å². The fourth-order valence-electron chi connectivity index (χ4n) is 4.76. The predicted molar refractivity (Wildman–Crippen MR) is 140 cm³/mol. The van der Waals surface area contributed by atoms with Crippen molar-refractivity contribution in [2.75, 3.05) is 20.8 Å². The van der Waals surface area contributed by atoms with E-state index in [0.29, 0.717) is 30.9 Å². The van der Waals surface area contributed by atoms with Crippen LogP contribution in [-0.2, 0) is 16.6 Å². The number of hydrogen-bond acceptors (Lipinski definition) is 3. The highest BCUT2D eigenvalue weighted by molar-refractivity contribution is 5.80. The van der Waals surface area contributed by atoms with E-state index in [4.69, 9.17) is 9.47 Å². The molecular weight excluding hydrogens is 434 g/mol. The molecule has 0 aliphatic rings. The Balaban J connectivity index is 1.63. The molecule has 0 aliphatic carbocycles. The van der Waals surface area contributed by atoms with Crippen LogP contribution in [0.15, 0.2) is 109 Å². The molecule has 178 valence electrons. The van der Waals surface area contributed by atoms with Gasteiger partial charge in [0.15, 0.2) is 11.5 Å². The van der Waals surface area contributed by atoms with E-state index in [1.54, 1.807) is 14.2 Å². The number of para-hydroxylation sites is 1. The smallest absolute Gasteiger partial charge is 0.221 e. The third kappa shape index (κ3) is 5.22. The molecular formula is C31H31NO3. The Hall–Kier alpha value is -4.05. The normalized spacial score (nSPS) is 11.0. The summed E-state index contributed by atoms with van der Waals surface area (Å²) in [5.74, 6) is 1.38. The molecule has 0 saturated carbocycles. The monoisotopic (exact) mass is 465 g/mol. The third-order valence-corrected chi connectivity index (χ3v) is 6.43. The zero-order valence-corrected chi connectivity index (χ0v) is 20.2. The third-order valence-electron chi connectivity index (χ3n) is 6.43. The van der Waals surface area contributed by atoms with E-state index in [2.05, 4.69) is 41.7 Å². The van der Waals surface area contributed by atoms with Crippen LogP contribution in [0.4, 0.5) is 0 Å². The van der Waals surface area contributed by atoms with Crippen LogP contribution >= 0.6 is 0 Å². The van der Waals surface area contributed by atoms with E-state index in [1.165, 1.54) is 0 Å². The van der Waals surface area contributed by atoms with Crippen molar-refractivity contribution in [3.63, 3.8) is 0 Å². The van der Waals surface area contributed by atoms with Crippen LogP contribution in [0, 0.1) is 0 Å². The minimum Gasteiger partial charge on any atom is -0.493 e. The molecule has 0 fully saturated rings. The largest absolute Gasteiger partial charge is 0.493 e. The molecule has 0 heterocycles. The van der Waals surface area contributed by atoms with Gasteiger partial charge in [-0.05, 0) is 34.7 Å². The van der Waals surface area contributed by atoms with Crippen LogP contribution in [0.2, 0.25) is 0 Å². The second-order valence-corrected chi connectivity index (χ2v) is 8.43. The molecule has 0 aliphatic heterocycles. The fourth-order valence-corrected chi connectivity index (χ4v) is 4.76. The van der Waals surface area contributed by atoms with E-state index < -0.39 is 5.41 Å². The SMILES string of the molecule is COc1cccc(CCNC(=O)CC(c2ccccc2)(c2ccccc2)c2ccccc2)c1OC. The topological polar surface area (TPSA) is 47.6 Å². The second kappa shape index (κ2) is 11.4. The van der Waals surface area contributed by atoms with Gasteiger partial charge in [0.05, 0.1) is 19.6 Å². The second-order valence-electron chi connectivity index (χ2n) is 8.43. The quantitative estimate of drug-likeness (QED) is 0.302. The summed E-state index contributed by atoms with van der Waals surface area (Å²) in [4.78, 5) is 13.5. The van der Waals surface area contributed by atoms with Crippen molar-refractivity contribution in [1.29, 1.82) is 0 Å². The summed E-state index contributed by atoms with van der Waals surface area (Å²) in [5.41, 5.74) is 3.64. The van der Waals surface area contributed by atoms with Crippen LogP contribution < -0.4 is 14.8 Å². The maximum atomic E-state index is 13.5. The molecule has 1 amide bonds. The molecule has 0 aromatic heterocycles. The van der Waals surface area contributed by atoms with Crippen molar-refractivity contribution in [2.45, 2.75) is 18.3 Å². The van der Waals surface area contributed by atoms with Gasteiger partial charge < -0.3 is 14.8 Å². The maximum Gasteiger partial charge on any atom is 0.221 e. The van der Waals surface area contributed by atoms with Crippen molar-refractivity contribution in [3.8, 4) is 11.5 Å². The van der Waals surface area contributed by atoms with Crippen molar-refractivity contribution in [2.24, 2.45) is 0 Å². The van der Waals surface area contributed by atoms with Crippen molar-refractivity contribution < 1.29 is 14.3 Å². The number of ether oxygens (including phenoxy) is 2. The van der Waals surface area contributed by atoms with Gasteiger partial charge >= 0.3 is 0 Å². The van der Waals surface area contributed by atoms with Crippen LogP contribution in [-0.4, -0.2) is 26.7 Å². The molecule has 0 bridgehead atoms. The van der Waals surface area contributed by atoms with Crippen molar-refractivity contribution >= 4 is 5.91 Å². The van der Waals surface area contributed by atoms with Gasteiger partial charge in [-0.25, -0.2) is 0 Å². The van der Waals surface area contributed by atoms with Crippen LogP contribution in [0.3, 0.4) is 0 Å². The number of benzene rings is 4. The Morgan fingerprint density at radius 3 is 1.66 bits per heavy atom. The van der Waals surface area contributed by atoms with E-state index in [9.17, 15) is 4.79 Å². The predicted octanol–water partition coefficient (Wildman–Crippen LogP) is 5.79. The Morgan fingerprint density at radius 1 is 0.686 bits per heavy atom. The average Bonchev–Trinajstić information content (AvgIpc) is 2.93. The van der Waals surface area contributed by atoms with Crippen LogP contribution in [0.25, 0.3) is 0 Å². The summed E-state index contributed by atoms with van der Waals surface area (Å²) < 4.78 is 10.9.